The molecular formula is C16H27N3. The summed E-state index contributed by atoms with van der Waals surface area (Å²) >= 11 is 0. The minimum atomic E-state index is 0.127. The van der Waals surface area contributed by atoms with Gasteiger partial charge in [-0.25, -0.2) is 0 Å². The Kier molecular flexibility index (Phi) is 4.97. The summed E-state index contributed by atoms with van der Waals surface area (Å²) in [5, 5.41) is 0. The van der Waals surface area contributed by atoms with Crippen LogP contribution in [0.25, 0.3) is 0 Å². The van der Waals surface area contributed by atoms with E-state index < -0.39 is 0 Å². The van der Waals surface area contributed by atoms with Crippen LogP contribution in [-0.2, 0) is 0 Å². The summed E-state index contributed by atoms with van der Waals surface area (Å²) in [7, 11) is 2.20. The summed E-state index contributed by atoms with van der Waals surface area (Å²) in [6.45, 7) is 9.91. The molecule has 3 heteroatoms. The number of hydrogen-bond acceptors (Lipinski definition) is 3. The van der Waals surface area contributed by atoms with Crippen LogP contribution in [0.3, 0.4) is 0 Å². The molecule has 2 rings (SSSR count). The van der Waals surface area contributed by atoms with Crippen molar-refractivity contribution in [3.05, 3.63) is 34.9 Å². The lowest BCUT2D eigenvalue weighted by atomic mass is 10.0. The molecule has 0 aliphatic carbocycles. The van der Waals surface area contributed by atoms with Gasteiger partial charge < -0.3 is 15.5 Å². The summed E-state index contributed by atoms with van der Waals surface area (Å²) in [5.41, 5.74) is 10.3. The molecule has 0 bridgehead atoms. The number of nitrogens with zero attached hydrogens (tertiary/aromatic N) is 2. The van der Waals surface area contributed by atoms with E-state index in [0.29, 0.717) is 0 Å². The summed E-state index contributed by atoms with van der Waals surface area (Å²) in [6, 6.07) is 6.78. The van der Waals surface area contributed by atoms with Gasteiger partial charge in [-0.15, -0.1) is 0 Å². The molecule has 1 heterocycles. The fourth-order valence-electron chi connectivity index (χ4n) is 2.89. The first kappa shape index (κ1) is 14.5. The van der Waals surface area contributed by atoms with Gasteiger partial charge in [-0.1, -0.05) is 29.3 Å². The van der Waals surface area contributed by atoms with Crippen LogP contribution in [0, 0.1) is 13.8 Å². The highest BCUT2D eigenvalue weighted by atomic mass is 15.2. The second kappa shape index (κ2) is 6.51. The first-order valence-corrected chi connectivity index (χ1v) is 7.29. The Bertz CT molecular complexity index is 396. The second-order valence-corrected chi connectivity index (χ2v) is 5.98. The first-order valence-electron chi connectivity index (χ1n) is 7.29. The van der Waals surface area contributed by atoms with E-state index in [1.54, 1.807) is 0 Å². The third-order valence-corrected chi connectivity index (χ3v) is 3.94. The van der Waals surface area contributed by atoms with Crippen molar-refractivity contribution in [1.29, 1.82) is 0 Å². The molecule has 3 nitrogen and oxygen atoms in total. The SMILES string of the molecule is Cc1cc(C)cc(C(N)CN2CCCN(C)CC2)c1. The zero-order valence-corrected chi connectivity index (χ0v) is 12.5. The second-order valence-electron chi connectivity index (χ2n) is 5.98. The van der Waals surface area contributed by atoms with Crippen LogP contribution in [0.5, 0.6) is 0 Å². The maximum absolute atomic E-state index is 6.39. The topological polar surface area (TPSA) is 32.5 Å². The van der Waals surface area contributed by atoms with Gasteiger partial charge in [-0.3, -0.25) is 0 Å². The van der Waals surface area contributed by atoms with Crippen LogP contribution in [0.15, 0.2) is 18.2 Å². The van der Waals surface area contributed by atoms with Crippen molar-refractivity contribution in [3.8, 4) is 0 Å². The van der Waals surface area contributed by atoms with E-state index in [1.807, 2.05) is 0 Å². The molecule has 0 spiro atoms. The Hall–Kier alpha value is -0.900. The van der Waals surface area contributed by atoms with E-state index in [9.17, 15) is 0 Å². The molecule has 0 aromatic heterocycles. The number of likely N-dealkylation sites (N-methyl/N-ethyl adjacent to an activating group) is 1. The minimum absolute atomic E-state index is 0.127. The molecule has 1 aliphatic heterocycles. The Labute approximate surface area is 117 Å². The molecule has 19 heavy (non-hydrogen) atoms. The van der Waals surface area contributed by atoms with Gasteiger partial charge in [-0.2, -0.15) is 0 Å². The fraction of sp³-hybridized carbons (Fsp3) is 0.625. The number of aryl methyl sites for hydroxylation is 2. The van der Waals surface area contributed by atoms with Crippen molar-refractivity contribution in [3.63, 3.8) is 0 Å². The van der Waals surface area contributed by atoms with Crippen LogP contribution < -0.4 is 5.73 Å². The molecule has 1 saturated heterocycles. The zero-order chi connectivity index (χ0) is 13.8. The molecule has 0 radical (unpaired) electrons. The lowest BCUT2D eigenvalue weighted by molar-refractivity contribution is 0.261. The highest BCUT2D eigenvalue weighted by Gasteiger charge is 2.16. The molecule has 1 aromatic carbocycles. The average Bonchev–Trinajstić information content (AvgIpc) is 2.53. The Morgan fingerprint density at radius 3 is 2.42 bits per heavy atom. The minimum Gasteiger partial charge on any atom is -0.323 e. The van der Waals surface area contributed by atoms with Gasteiger partial charge in [0.1, 0.15) is 0 Å². The zero-order valence-electron chi connectivity index (χ0n) is 12.5. The quantitative estimate of drug-likeness (QED) is 0.902. The van der Waals surface area contributed by atoms with Gasteiger partial charge in [-0.05, 0) is 46.0 Å². The number of rotatable bonds is 3. The maximum Gasteiger partial charge on any atom is 0.0424 e. The normalized spacial score (nSPS) is 20.2. The first-order chi connectivity index (χ1) is 9.04. The molecule has 0 saturated carbocycles. The van der Waals surface area contributed by atoms with Crippen LogP contribution in [-0.4, -0.2) is 49.6 Å². The summed E-state index contributed by atoms with van der Waals surface area (Å²) in [6.07, 6.45) is 1.25. The fourth-order valence-corrected chi connectivity index (χ4v) is 2.89. The third-order valence-electron chi connectivity index (χ3n) is 3.94. The van der Waals surface area contributed by atoms with Crippen molar-refractivity contribution in [2.45, 2.75) is 26.3 Å². The highest BCUT2D eigenvalue weighted by Crippen LogP contribution is 2.17. The van der Waals surface area contributed by atoms with Gasteiger partial charge in [0.2, 0.25) is 0 Å². The van der Waals surface area contributed by atoms with Crippen LogP contribution in [0.1, 0.15) is 29.2 Å². The van der Waals surface area contributed by atoms with Gasteiger partial charge in [0.05, 0.1) is 0 Å². The largest absolute Gasteiger partial charge is 0.323 e. The molecule has 2 N–H and O–H groups in total. The third kappa shape index (κ3) is 4.30. The van der Waals surface area contributed by atoms with Crippen molar-refractivity contribution in [2.75, 3.05) is 39.8 Å². The lowest BCUT2D eigenvalue weighted by Gasteiger charge is -2.24. The Morgan fingerprint density at radius 1 is 1.05 bits per heavy atom. The van der Waals surface area contributed by atoms with Gasteiger partial charge >= 0.3 is 0 Å². The van der Waals surface area contributed by atoms with E-state index in [0.717, 1.165) is 19.6 Å². The molecule has 1 aliphatic rings. The van der Waals surface area contributed by atoms with E-state index in [-0.39, 0.29) is 6.04 Å². The van der Waals surface area contributed by atoms with Gasteiger partial charge in [0, 0.05) is 25.7 Å². The van der Waals surface area contributed by atoms with E-state index in [4.69, 9.17) is 5.73 Å². The Morgan fingerprint density at radius 2 is 1.74 bits per heavy atom. The predicted molar refractivity (Wildman–Crippen MR) is 81.4 cm³/mol. The number of hydrogen-bond donors (Lipinski definition) is 1. The summed E-state index contributed by atoms with van der Waals surface area (Å²) < 4.78 is 0. The van der Waals surface area contributed by atoms with Crippen LogP contribution >= 0.6 is 0 Å². The standard InChI is InChI=1S/C16H27N3/c1-13-9-14(2)11-15(10-13)16(17)12-19-6-4-5-18(3)7-8-19/h9-11,16H,4-8,12,17H2,1-3H3. The maximum atomic E-state index is 6.39. The van der Waals surface area contributed by atoms with E-state index >= 15 is 0 Å². The molecule has 1 fully saturated rings. The van der Waals surface area contributed by atoms with Crippen molar-refractivity contribution < 1.29 is 0 Å². The monoisotopic (exact) mass is 261 g/mol. The molecule has 106 valence electrons. The van der Waals surface area contributed by atoms with Crippen LogP contribution in [0.2, 0.25) is 0 Å². The molecular weight excluding hydrogens is 234 g/mol. The van der Waals surface area contributed by atoms with Gasteiger partial charge in [0.15, 0.2) is 0 Å². The molecule has 1 atom stereocenters. The summed E-state index contributed by atoms with van der Waals surface area (Å²) in [4.78, 5) is 4.91. The highest BCUT2D eigenvalue weighted by molar-refractivity contribution is 5.30. The van der Waals surface area contributed by atoms with Crippen molar-refractivity contribution in [2.24, 2.45) is 5.73 Å². The Balaban J connectivity index is 1.97. The van der Waals surface area contributed by atoms with Crippen molar-refractivity contribution >= 4 is 0 Å². The molecule has 0 amide bonds. The smallest absolute Gasteiger partial charge is 0.0424 e. The van der Waals surface area contributed by atoms with Gasteiger partial charge in [0.25, 0.3) is 0 Å². The van der Waals surface area contributed by atoms with Crippen LogP contribution in [0.4, 0.5) is 0 Å². The number of benzene rings is 1. The average molecular weight is 261 g/mol. The van der Waals surface area contributed by atoms with Crippen molar-refractivity contribution in [1.82, 2.24) is 9.80 Å². The lowest BCUT2D eigenvalue weighted by Crippen LogP contribution is -2.35. The molecule has 1 unspecified atom stereocenters. The van der Waals surface area contributed by atoms with E-state index in [1.165, 1.54) is 36.2 Å². The van der Waals surface area contributed by atoms with E-state index in [2.05, 4.69) is 48.9 Å². The summed E-state index contributed by atoms with van der Waals surface area (Å²) in [5.74, 6) is 0. The number of nitrogens with two attached hydrogens (primary N) is 1. The molecule has 1 aromatic rings. The predicted octanol–water partition coefficient (Wildman–Crippen LogP) is 1.94.